The van der Waals surface area contributed by atoms with E-state index in [0.29, 0.717) is 0 Å². The monoisotopic (exact) mass is 199 g/mol. The zero-order valence-corrected chi connectivity index (χ0v) is 8.88. The molecule has 0 spiro atoms. The van der Waals surface area contributed by atoms with Gasteiger partial charge < -0.3 is 4.90 Å². The van der Waals surface area contributed by atoms with Crippen molar-refractivity contribution in [2.45, 2.75) is 0 Å². The van der Waals surface area contributed by atoms with Crippen molar-refractivity contribution in [3.63, 3.8) is 0 Å². The van der Waals surface area contributed by atoms with Crippen molar-refractivity contribution in [2.75, 3.05) is 14.1 Å². The van der Waals surface area contributed by atoms with Crippen LogP contribution in [0.25, 0.3) is 10.9 Å². The highest BCUT2D eigenvalue weighted by atomic mass is 15.1. The summed E-state index contributed by atoms with van der Waals surface area (Å²) in [6.45, 7) is 0. The van der Waals surface area contributed by atoms with Crippen LogP contribution in [-0.4, -0.2) is 30.3 Å². The molecule has 0 saturated heterocycles. The highest BCUT2D eigenvalue weighted by molar-refractivity contribution is 5.81. The van der Waals surface area contributed by atoms with Gasteiger partial charge in [-0.15, -0.1) is 0 Å². The van der Waals surface area contributed by atoms with Crippen LogP contribution in [0.2, 0.25) is 0 Å². The number of benzene rings is 1. The fraction of sp³-hybridized carbons (Fsp3) is 0.167. The van der Waals surface area contributed by atoms with Crippen molar-refractivity contribution in [1.82, 2.24) is 9.88 Å². The van der Waals surface area contributed by atoms with Gasteiger partial charge in [0.2, 0.25) is 0 Å². The van der Waals surface area contributed by atoms with Gasteiger partial charge >= 0.3 is 0 Å². The van der Waals surface area contributed by atoms with E-state index in [-0.39, 0.29) is 0 Å². The average Bonchev–Trinajstić information content (AvgIpc) is 2.26. The van der Waals surface area contributed by atoms with E-state index in [2.05, 4.69) is 9.98 Å². The van der Waals surface area contributed by atoms with Gasteiger partial charge in [0, 0.05) is 19.5 Å². The molecule has 3 nitrogen and oxygen atoms in total. The molecule has 0 atom stereocenters. The van der Waals surface area contributed by atoms with Crippen LogP contribution in [0.1, 0.15) is 0 Å². The van der Waals surface area contributed by atoms with Gasteiger partial charge in [0.25, 0.3) is 0 Å². The van der Waals surface area contributed by atoms with Gasteiger partial charge in [-0.05, 0) is 12.1 Å². The molecule has 0 fully saturated rings. The zero-order chi connectivity index (χ0) is 10.7. The largest absolute Gasteiger partial charge is 0.369 e. The molecule has 0 N–H and O–H groups in total. The molecule has 76 valence electrons. The molecule has 15 heavy (non-hydrogen) atoms. The van der Waals surface area contributed by atoms with Crippen LogP contribution >= 0.6 is 0 Å². The standard InChI is InChI=1S/C12H13N3/c1-15(2)9-14-11-7-10-5-3-4-6-12(10)13-8-11/h3-9H,1-2H3. The Hall–Kier alpha value is -1.90. The van der Waals surface area contributed by atoms with Gasteiger partial charge in [-0.25, -0.2) is 4.99 Å². The van der Waals surface area contributed by atoms with E-state index in [0.717, 1.165) is 16.6 Å². The molecule has 0 aliphatic heterocycles. The maximum absolute atomic E-state index is 4.33. The van der Waals surface area contributed by atoms with E-state index in [9.17, 15) is 0 Å². The summed E-state index contributed by atoms with van der Waals surface area (Å²) in [6.07, 6.45) is 3.55. The molecule has 1 heterocycles. The van der Waals surface area contributed by atoms with E-state index in [1.807, 2.05) is 49.3 Å². The first-order valence-electron chi connectivity index (χ1n) is 4.81. The van der Waals surface area contributed by atoms with Crippen LogP contribution in [0.5, 0.6) is 0 Å². The predicted octanol–water partition coefficient (Wildman–Crippen LogP) is 2.46. The average molecular weight is 199 g/mol. The SMILES string of the molecule is CN(C)C=Nc1cnc2ccccc2c1. The van der Waals surface area contributed by atoms with Crippen molar-refractivity contribution in [1.29, 1.82) is 0 Å². The molecular weight excluding hydrogens is 186 g/mol. The minimum atomic E-state index is 0.877. The zero-order valence-electron chi connectivity index (χ0n) is 8.88. The third-order valence-electron chi connectivity index (χ3n) is 2.01. The molecule has 0 unspecified atom stereocenters. The fourth-order valence-electron chi connectivity index (χ4n) is 1.31. The Morgan fingerprint density at radius 3 is 2.87 bits per heavy atom. The number of rotatable bonds is 2. The summed E-state index contributed by atoms with van der Waals surface area (Å²) in [5.74, 6) is 0. The second kappa shape index (κ2) is 4.09. The first-order chi connectivity index (χ1) is 7.25. The van der Waals surface area contributed by atoms with Crippen LogP contribution in [0, 0.1) is 0 Å². The summed E-state index contributed by atoms with van der Waals surface area (Å²) in [5.41, 5.74) is 1.88. The van der Waals surface area contributed by atoms with E-state index in [1.54, 1.807) is 12.5 Å². The van der Waals surface area contributed by atoms with Crippen LogP contribution in [-0.2, 0) is 0 Å². The maximum Gasteiger partial charge on any atom is 0.0907 e. The summed E-state index contributed by atoms with van der Waals surface area (Å²) >= 11 is 0. The summed E-state index contributed by atoms with van der Waals surface area (Å²) in [7, 11) is 3.88. The first kappa shape index (κ1) is 9.65. The van der Waals surface area contributed by atoms with Crippen molar-refractivity contribution in [3.05, 3.63) is 36.5 Å². The molecule has 0 bridgehead atoms. The minimum Gasteiger partial charge on any atom is -0.369 e. The lowest BCUT2D eigenvalue weighted by atomic mass is 10.2. The number of pyridine rings is 1. The third kappa shape index (κ3) is 2.31. The second-order valence-corrected chi connectivity index (χ2v) is 3.59. The minimum absolute atomic E-state index is 0.877. The molecule has 2 aromatic rings. The Labute approximate surface area is 89.1 Å². The van der Waals surface area contributed by atoms with Crippen molar-refractivity contribution in [3.8, 4) is 0 Å². The highest BCUT2D eigenvalue weighted by Gasteiger charge is 1.94. The summed E-state index contributed by atoms with van der Waals surface area (Å²) in [5, 5.41) is 1.12. The molecule has 0 saturated carbocycles. The Balaban J connectivity index is 2.39. The van der Waals surface area contributed by atoms with E-state index < -0.39 is 0 Å². The molecule has 0 radical (unpaired) electrons. The van der Waals surface area contributed by atoms with Gasteiger partial charge in [0.15, 0.2) is 0 Å². The van der Waals surface area contributed by atoms with Crippen molar-refractivity contribution in [2.24, 2.45) is 4.99 Å². The number of hydrogen-bond donors (Lipinski definition) is 0. The van der Waals surface area contributed by atoms with Crippen LogP contribution in [0.4, 0.5) is 5.69 Å². The van der Waals surface area contributed by atoms with Crippen LogP contribution in [0.3, 0.4) is 0 Å². The summed E-state index contributed by atoms with van der Waals surface area (Å²) < 4.78 is 0. The molecule has 3 heteroatoms. The molecule has 0 amide bonds. The quantitative estimate of drug-likeness (QED) is 0.549. The number of para-hydroxylation sites is 1. The number of aromatic nitrogens is 1. The van der Waals surface area contributed by atoms with Gasteiger partial charge in [-0.3, -0.25) is 4.98 Å². The van der Waals surface area contributed by atoms with Crippen LogP contribution in [0.15, 0.2) is 41.5 Å². The number of hydrogen-bond acceptors (Lipinski definition) is 2. The number of fused-ring (bicyclic) bond motifs is 1. The number of nitrogens with zero attached hydrogens (tertiary/aromatic N) is 3. The lowest BCUT2D eigenvalue weighted by Gasteiger charge is -2.02. The molecular formula is C12H13N3. The number of aliphatic imine (C=N–C) groups is 1. The first-order valence-corrected chi connectivity index (χ1v) is 4.81. The van der Waals surface area contributed by atoms with Gasteiger partial charge in [0.1, 0.15) is 0 Å². The Kier molecular flexibility index (Phi) is 2.63. The Bertz CT molecular complexity index is 489. The topological polar surface area (TPSA) is 28.5 Å². The molecule has 0 aliphatic rings. The smallest absolute Gasteiger partial charge is 0.0907 e. The second-order valence-electron chi connectivity index (χ2n) is 3.59. The van der Waals surface area contributed by atoms with Gasteiger partial charge in [-0.1, -0.05) is 18.2 Å². The lowest BCUT2D eigenvalue weighted by Crippen LogP contribution is -2.06. The third-order valence-corrected chi connectivity index (χ3v) is 2.01. The van der Waals surface area contributed by atoms with Gasteiger partial charge in [0.05, 0.1) is 23.7 Å². The van der Waals surface area contributed by atoms with E-state index >= 15 is 0 Å². The summed E-state index contributed by atoms with van der Waals surface area (Å²) in [6, 6.07) is 10.1. The molecule has 1 aromatic heterocycles. The van der Waals surface area contributed by atoms with Crippen LogP contribution < -0.4 is 0 Å². The Morgan fingerprint density at radius 2 is 2.07 bits per heavy atom. The maximum atomic E-state index is 4.33. The van der Waals surface area contributed by atoms with E-state index in [4.69, 9.17) is 0 Å². The highest BCUT2D eigenvalue weighted by Crippen LogP contribution is 2.17. The molecule has 1 aromatic carbocycles. The summed E-state index contributed by atoms with van der Waals surface area (Å²) in [4.78, 5) is 10.5. The van der Waals surface area contributed by atoms with Crippen molar-refractivity contribution < 1.29 is 0 Å². The normalized spacial score (nSPS) is 11.1. The van der Waals surface area contributed by atoms with E-state index in [1.165, 1.54) is 0 Å². The predicted molar refractivity (Wildman–Crippen MR) is 63.6 cm³/mol. The molecule has 2 rings (SSSR count). The Morgan fingerprint density at radius 1 is 1.27 bits per heavy atom. The lowest BCUT2D eigenvalue weighted by molar-refractivity contribution is 0.643. The van der Waals surface area contributed by atoms with Crippen molar-refractivity contribution >= 4 is 22.9 Å². The van der Waals surface area contributed by atoms with Gasteiger partial charge in [-0.2, -0.15) is 0 Å². The molecule has 0 aliphatic carbocycles. The fourth-order valence-corrected chi connectivity index (χ4v) is 1.31.